The van der Waals surface area contributed by atoms with Gasteiger partial charge in [-0.15, -0.1) is 0 Å². The van der Waals surface area contributed by atoms with Gasteiger partial charge in [0.05, 0.1) is 31.1 Å². The maximum atomic E-state index is 14.4. The van der Waals surface area contributed by atoms with E-state index in [4.69, 9.17) is 11.6 Å². The lowest BCUT2D eigenvalue weighted by Gasteiger charge is -2.17. The number of alkyl halides is 3. The van der Waals surface area contributed by atoms with Gasteiger partial charge in [0, 0.05) is 26.9 Å². The molecule has 43 heavy (non-hydrogen) atoms. The lowest BCUT2D eigenvalue weighted by atomic mass is 10.1. The lowest BCUT2D eigenvalue weighted by molar-refractivity contribution is -0.134. The fraction of sp³-hybridized carbons (Fsp3) is 0.385. The molecule has 3 aromatic rings. The van der Waals surface area contributed by atoms with Crippen molar-refractivity contribution in [2.75, 3.05) is 26.5 Å². The van der Waals surface area contributed by atoms with Gasteiger partial charge in [-0.2, -0.15) is 13.2 Å². The van der Waals surface area contributed by atoms with Crippen LogP contribution in [0.2, 0.25) is 5.15 Å². The van der Waals surface area contributed by atoms with E-state index in [-0.39, 0.29) is 58.7 Å². The second kappa shape index (κ2) is 14.1. The summed E-state index contributed by atoms with van der Waals surface area (Å²) in [4.78, 5) is 61.7. The van der Waals surface area contributed by atoms with Gasteiger partial charge in [-0.25, -0.2) is 14.2 Å². The molecule has 3 rings (SSSR count). The second-order valence-electron chi connectivity index (χ2n) is 9.43. The Hall–Kier alpha value is -4.47. The highest BCUT2D eigenvalue weighted by molar-refractivity contribution is 6.29. The molecule has 0 aromatic carbocycles. The molecule has 232 valence electrons. The van der Waals surface area contributed by atoms with Crippen LogP contribution in [0, 0.1) is 5.82 Å². The molecule has 0 saturated carbocycles. The third-order valence-corrected chi connectivity index (χ3v) is 6.38. The molecular formula is C26H28ClF4N7O5. The number of carbonyl (C=O) groups excluding carboxylic acids is 3. The number of anilines is 1. The number of nitrogens with one attached hydrogen (secondary N) is 3. The maximum absolute atomic E-state index is 14.4. The summed E-state index contributed by atoms with van der Waals surface area (Å²) < 4.78 is 58.1. The van der Waals surface area contributed by atoms with Gasteiger partial charge < -0.3 is 25.3 Å². The molecular weight excluding hydrogens is 602 g/mol. The number of hydrogen-bond donors (Lipinski definition) is 3. The van der Waals surface area contributed by atoms with Crippen molar-refractivity contribution in [1.82, 2.24) is 29.7 Å². The van der Waals surface area contributed by atoms with Gasteiger partial charge >= 0.3 is 12.3 Å². The smallest absolute Gasteiger partial charge is 0.407 e. The molecule has 17 heteroatoms. The highest BCUT2D eigenvalue weighted by Gasteiger charge is 2.28. The number of alkyl carbamates (subject to hydrolysis) is 1. The number of aromatic nitrogens is 4. The molecule has 3 heterocycles. The summed E-state index contributed by atoms with van der Waals surface area (Å²) in [5.74, 6) is -1.93. The molecule has 3 aromatic heterocycles. The molecule has 0 bridgehead atoms. The van der Waals surface area contributed by atoms with Crippen molar-refractivity contribution in [3.05, 3.63) is 63.3 Å². The number of amides is 3. The number of rotatable bonds is 11. The normalized spacial score (nSPS) is 12.4. The second-order valence-corrected chi connectivity index (χ2v) is 9.81. The van der Waals surface area contributed by atoms with Gasteiger partial charge in [0.25, 0.3) is 5.56 Å². The first-order valence-electron chi connectivity index (χ1n) is 12.7. The maximum Gasteiger partial charge on any atom is 0.407 e. The third-order valence-electron chi connectivity index (χ3n) is 6.05. The Labute approximate surface area is 247 Å². The van der Waals surface area contributed by atoms with Crippen LogP contribution in [-0.4, -0.2) is 75.7 Å². The van der Waals surface area contributed by atoms with Crippen LogP contribution in [0.5, 0.6) is 0 Å². The van der Waals surface area contributed by atoms with E-state index < -0.39 is 48.4 Å². The predicted octanol–water partition coefficient (Wildman–Crippen LogP) is 3.54. The van der Waals surface area contributed by atoms with Crippen molar-refractivity contribution < 1.29 is 36.7 Å². The Morgan fingerprint density at radius 1 is 1.26 bits per heavy atom. The summed E-state index contributed by atoms with van der Waals surface area (Å²) in [5.41, 5.74) is -1.37. The van der Waals surface area contributed by atoms with E-state index >= 15 is 0 Å². The predicted molar refractivity (Wildman–Crippen MR) is 148 cm³/mol. The summed E-state index contributed by atoms with van der Waals surface area (Å²) in [7, 11) is 4.25. The zero-order chi connectivity index (χ0) is 31.9. The van der Waals surface area contributed by atoms with Crippen LogP contribution in [0.25, 0.3) is 11.0 Å². The first-order valence-corrected chi connectivity index (χ1v) is 13.1. The van der Waals surface area contributed by atoms with Crippen LogP contribution in [0.4, 0.5) is 28.0 Å². The minimum atomic E-state index is -4.45. The van der Waals surface area contributed by atoms with Gasteiger partial charge in [0.1, 0.15) is 28.2 Å². The van der Waals surface area contributed by atoms with E-state index in [1.54, 1.807) is 14.1 Å². The molecule has 0 aliphatic heterocycles. The summed E-state index contributed by atoms with van der Waals surface area (Å²) in [6, 6.07) is 1.38. The Morgan fingerprint density at radius 3 is 2.63 bits per heavy atom. The molecule has 0 aliphatic rings. The molecule has 0 spiro atoms. The average Bonchev–Trinajstić information content (AvgIpc) is 3.37. The monoisotopic (exact) mass is 629 g/mol. The van der Waals surface area contributed by atoms with Crippen LogP contribution < -0.4 is 16.2 Å². The number of ether oxygens (including phenoxy) is 1. The zero-order valence-corrected chi connectivity index (χ0v) is 24.0. The minimum Gasteiger partial charge on any atom is -0.453 e. The first kappa shape index (κ1) is 33.0. The van der Waals surface area contributed by atoms with Gasteiger partial charge in [0.2, 0.25) is 11.8 Å². The zero-order valence-electron chi connectivity index (χ0n) is 23.2. The number of carbonyl (C=O) groups is 3. The standard InChI is InChI=1S/C26H28ClF4N7O5/c1-37(2)20(39)7-5-4-6-16(34-25(42)43-3)23(40)33-17-8-9-18(27)38(24(17)41)13-19-35-21-14(28)12-32-15(22(21)36-19)10-11-26(29,30)31/h5,7-9,12,16H,4,6,10-11,13H2,1-3H3,(H,33,40)(H,34,42)(H,35,36)/b7-5+/t16-/m0/s1. The van der Waals surface area contributed by atoms with Gasteiger partial charge in [-0.05, 0) is 31.1 Å². The van der Waals surface area contributed by atoms with Crippen LogP contribution in [0.15, 0.2) is 35.3 Å². The van der Waals surface area contributed by atoms with E-state index in [0.29, 0.717) is 0 Å². The molecule has 0 fully saturated rings. The fourth-order valence-electron chi connectivity index (χ4n) is 3.82. The molecule has 0 aliphatic carbocycles. The number of allylic oxidation sites excluding steroid dienone is 1. The highest BCUT2D eigenvalue weighted by Crippen LogP contribution is 2.25. The summed E-state index contributed by atoms with van der Waals surface area (Å²) in [5, 5.41) is 4.71. The summed E-state index contributed by atoms with van der Waals surface area (Å²) >= 11 is 6.22. The number of likely N-dealkylation sites (N-methyl/N-ethyl adjacent to an activating group) is 1. The Morgan fingerprint density at radius 2 is 1.98 bits per heavy atom. The van der Waals surface area contributed by atoms with Crippen LogP contribution in [-0.2, 0) is 27.3 Å². The van der Waals surface area contributed by atoms with E-state index in [9.17, 15) is 36.7 Å². The summed E-state index contributed by atoms with van der Waals surface area (Å²) in [6.07, 6.45) is -3.19. The number of hydrogen-bond acceptors (Lipinski definition) is 7. The largest absolute Gasteiger partial charge is 0.453 e. The van der Waals surface area contributed by atoms with E-state index in [1.165, 1.54) is 29.2 Å². The number of nitrogens with zero attached hydrogens (tertiary/aromatic N) is 4. The number of imidazole rings is 1. The molecule has 12 nitrogen and oxygen atoms in total. The Kier molecular flexibility index (Phi) is 10.9. The molecule has 0 unspecified atom stereocenters. The van der Waals surface area contributed by atoms with Crippen molar-refractivity contribution in [3.8, 4) is 0 Å². The molecule has 0 radical (unpaired) electrons. The van der Waals surface area contributed by atoms with Crippen molar-refractivity contribution >= 4 is 46.2 Å². The van der Waals surface area contributed by atoms with Crippen molar-refractivity contribution in [3.63, 3.8) is 0 Å². The topological polar surface area (TPSA) is 151 Å². The lowest BCUT2D eigenvalue weighted by Crippen LogP contribution is -2.44. The number of H-pyrrole nitrogens is 1. The van der Waals surface area contributed by atoms with E-state index in [1.807, 2.05) is 0 Å². The average molecular weight is 630 g/mol. The number of aromatic amines is 1. The van der Waals surface area contributed by atoms with Crippen LogP contribution >= 0.6 is 11.6 Å². The minimum absolute atomic E-state index is 0.00747. The number of methoxy groups -OCH3 is 1. The molecule has 1 atom stereocenters. The Bertz CT molecular complexity index is 1590. The highest BCUT2D eigenvalue weighted by atomic mass is 35.5. The van der Waals surface area contributed by atoms with Crippen molar-refractivity contribution in [2.24, 2.45) is 0 Å². The Balaban J connectivity index is 1.83. The van der Waals surface area contributed by atoms with E-state index in [0.717, 1.165) is 17.9 Å². The van der Waals surface area contributed by atoms with Crippen molar-refractivity contribution in [2.45, 2.75) is 44.4 Å². The van der Waals surface area contributed by atoms with E-state index in [2.05, 4.69) is 30.3 Å². The van der Waals surface area contributed by atoms with Gasteiger partial charge in [-0.3, -0.25) is 23.9 Å². The van der Waals surface area contributed by atoms with Gasteiger partial charge in [0.15, 0.2) is 5.82 Å². The number of pyridine rings is 2. The number of fused-ring (bicyclic) bond motifs is 1. The van der Waals surface area contributed by atoms with Crippen LogP contribution in [0.3, 0.4) is 0 Å². The molecule has 3 amide bonds. The van der Waals surface area contributed by atoms with Crippen LogP contribution in [0.1, 0.15) is 30.8 Å². The van der Waals surface area contributed by atoms with Crippen molar-refractivity contribution in [1.29, 1.82) is 0 Å². The number of aryl methyl sites for hydroxylation is 1. The molecule has 3 N–H and O–H groups in total. The number of halogens is 5. The SMILES string of the molecule is COC(=O)N[C@@H](CC/C=C/C(=O)N(C)C)C(=O)Nc1ccc(Cl)n(Cc2nc3c(F)cnc(CCC(F)(F)F)c3[nH]2)c1=O. The first-order chi connectivity index (χ1) is 20.2. The quantitative estimate of drug-likeness (QED) is 0.167. The fourth-order valence-corrected chi connectivity index (χ4v) is 4.02. The van der Waals surface area contributed by atoms with Gasteiger partial charge in [-0.1, -0.05) is 17.7 Å². The summed E-state index contributed by atoms with van der Waals surface area (Å²) in [6.45, 7) is -0.358. The molecule has 0 saturated heterocycles. The third kappa shape index (κ3) is 9.01.